The van der Waals surface area contributed by atoms with Crippen LogP contribution in [0.5, 0.6) is 0 Å². The summed E-state index contributed by atoms with van der Waals surface area (Å²) in [6, 6.07) is 1.80. The molecule has 1 unspecified atom stereocenters. The normalized spacial score (nSPS) is 10.9. The van der Waals surface area contributed by atoms with Gasteiger partial charge in [0.25, 0.3) is 5.56 Å². The zero-order chi connectivity index (χ0) is 9.42. The van der Waals surface area contributed by atoms with E-state index in [2.05, 4.69) is 19.2 Å². The maximum Gasteiger partial charge on any atom is 0.259 e. The molecule has 2 rings (SSSR count). The van der Waals surface area contributed by atoms with E-state index in [4.69, 9.17) is 11.6 Å². The fraction of sp³-hybridized carbons (Fsp3) is 0.143. The molecule has 0 bridgehead atoms. The number of rotatable bonds is 1. The van der Waals surface area contributed by atoms with Gasteiger partial charge in [-0.15, -0.1) is 22.9 Å². The predicted molar refractivity (Wildman–Crippen MR) is 59.1 cm³/mol. The maximum absolute atomic E-state index is 11.4. The van der Waals surface area contributed by atoms with E-state index in [-0.39, 0.29) is 11.4 Å². The smallest absolute Gasteiger partial charge is 0.259 e. The molecule has 0 radical (unpaired) electrons. The van der Waals surface area contributed by atoms with Crippen LogP contribution in [0.1, 0.15) is 5.82 Å². The topological polar surface area (TPSA) is 45.8 Å². The van der Waals surface area contributed by atoms with Crippen molar-refractivity contribution in [2.24, 2.45) is 0 Å². The number of aromatic nitrogens is 2. The molecule has 0 fully saturated rings. The summed E-state index contributed by atoms with van der Waals surface area (Å²) < 4.78 is 1.000. The molecule has 3 nitrogen and oxygen atoms in total. The molecule has 68 valence electrons. The molecule has 1 atom stereocenters. The van der Waals surface area contributed by atoms with Crippen LogP contribution in [-0.2, 0) is 5.88 Å². The summed E-state index contributed by atoms with van der Waals surface area (Å²) in [6.45, 7) is 0. The number of hydrogen-bond donors (Lipinski definition) is 1. The number of nitrogens with one attached hydrogen (secondary N) is 1. The molecule has 2 aromatic rings. The molecule has 0 aromatic carbocycles. The highest BCUT2D eigenvalue weighted by atomic mass is 35.5. The standard InChI is InChI=1S/C7H6ClN2OPS/c8-2-4-9-6(11)3-1-5(12)13-7(3)10-4/h1H,2,12H2,(H,9,10,11). The van der Waals surface area contributed by atoms with Crippen LogP contribution in [0.15, 0.2) is 10.9 Å². The molecule has 0 saturated heterocycles. The monoisotopic (exact) mass is 232 g/mol. The van der Waals surface area contributed by atoms with Gasteiger partial charge >= 0.3 is 0 Å². The van der Waals surface area contributed by atoms with Crippen LogP contribution in [0.4, 0.5) is 0 Å². The van der Waals surface area contributed by atoms with Crippen molar-refractivity contribution >= 4 is 47.0 Å². The van der Waals surface area contributed by atoms with Gasteiger partial charge < -0.3 is 4.98 Å². The molecule has 1 N–H and O–H groups in total. The summed E-state index contributed by atoms with van der Waals surface area (Å²) in [7, 11) is 2.55. The van der Waals surface area contributed by atoms with Crippen molar-refractivity contribution in [3.8, 4) is 0 Å². The van der Waals surface area contributed by atoms with Gasteiger partial charge in [-0.3, -0.25) is 4.79 Å². The van der Waals surface area contributed by atoms with E-state index in [1.54, 1.807) is 6.07 Å². The predicted octanol–water partition coefficient (Wildman–Crippen LogP) is 1.22. The van der Waals surface area contributed by atoms with Gasteiger partial charge in [-0.2, -0.15) is 0 Å². The lowest BCUT2D eigenvalue weighted by Gasteiger charge is -1.93. The van der Waals surface area contributed by atoms with E-state index in [1.807, 2.05) is 0 Å². The number of halogens is 1. The van der Waals surface area contributed by atoms with Crippen molar-refractivity contribution in [1.29, 1.82) is 0 Å². The number of alkyl halides is 1. The first-order valence-electron chi connectivity index (χ1n) is 3.55. The maximum atomic E-state index is 11.4. The van der Waals surface area contributed by atoms with Crippen LogP contribution in [0, 0.1) is 0 Å². The van der Waals surface area contributed by atoms with Crippen molar-refractivity contribution in [1.82, 2.24) is 9.97 Å². The van der Waals surface area contributed by atoms with Crippen molar-refractivity contribution in [3.05, 3.63) is 22.2 Å². The minimum atomic E-state index is -0.120. The Labute approximate surface area is 85.4 Å². The Kier molecular flexibility index (Phi) is 2.37. The van der Waals surface area contributed by atoms with Crippen LogP contribution in [0.25, 0.3) is 10.2 Å². The van der Waals surface area contributed by atoms with Crippen LogP contribution in [-0.4, -0.2) is 9.97 Å². The Bertz CT molecular complexity index is 507. The largest absolute Gasteiger partial charge is 0.309 e. The van der Waals surface area contributed by atoms with E-state index >= 15 is 0 Å². The fourth-order valence-corrected chi connectivity index (χ4v) is 2.50. The van der Waals surface area contributed by atoms with Gasteiger partial charge in [-0.1, -0.05) is 9.24 Å². The number of thiophene rings is 1. The second kappa shape index (κ2) is 3.37. The first-order chi connectivity index (χ1) is 6.20. The first kappa shape index (κ1) is 9.13. The average Bonchev–Trinajstić information content (AvgIpc) is 2.46. The highest BCUT2D eigenvalue weighted by Gasteiger charge is 2.05. The van der Waals surface area contributed by atoms with Gasteiger partial charge in [0.1, 0.15) is 10.7 Å². The Morgan fingerprint density at radius 1 is 1.69 bits per heavy atom. The summed E-state index contributed by atoms with van der Waals surface area (Å²) >= 11 is 7.04. The zero-order valence-corrected chi connectivity index (χ0v) is 9.23. The van der Waals surface area contributed by atoms with Crippen LogP contribution >= 0.6 is 32.2 Å². The summed E-state index contributed by atoms with van der Waals surface area (Å²) in [4.78, 5) is 19.0. The van der Waals surface area contributed by atoms with Crippen molar-refractivity contribution < 1.29 is 0 Å². The third kappa shape index (κ3) is 1.62. The summed E-state index contributed by atoms with van der Waals surface area (Å²) in [5.41, 5.74) is -0.120. The van der Waals surface area contributed by atoms with Crippen LogP contribution < -0.4 is 10.2 Å². The quantitative estimate of drug-likeness (QED) is 0.594. The van der Waals surface area contributed by atoms with Gasteiger partial charge in [-0.25, -0.2) is 4.98 Å². The van der Waals surface area contributed by atoms with Gasteiger partial charge in [0.15, 0.2) is 0 Å². The van der Waals surface area contributed by atoms with Gasteiger partial charge in [-0.05, 0) is 6.07 Å². The van der Waals surface area contributed by atoms with Gasteiger partial charge in [0, 0.05) is 4.62 Å². The van der Waals surface area contributed by atoms with Crippen molar-refractivity contribution in [2.75, 3.05) is 0 Å². The van der Waals surface area contributed by atoms with E-state index in [0.717, 1.165) is 9.45 Å². The van der Waals surface area contributed by atoms with Crippen molar-refractivity contribution in [3.63, 3.8) is 0 Å². The molecular formula is C7H6ClN2OPS. The molecule has 0 aliphatic carbocycles. The third-order valence-electron chi connectivity index (χ3n) is 1.60. The number of nitrogens with zero attached hydrogens (tertiary/aromatic N) is 1. The Hall–Kier alpha value is -0.440. The van der Waals surface area contributed by atoms with Gasteiger partial charge in [0.05, 0.1) is 11.3 Å². The highest BCUT2D eigenvalue weighted by molar-refractivity contribution is 7.45. The lowest BCUT2D eigenvalue weighted by Crippen LogP contribution is -2.09. The van der Waals surface area contributed by atoms with Crippen LogP contribution in [0.2, 0.25) is 0 Å². The zero-order valence-electron chi connectivity index (χ0n) is 6.50. The lowest BCUT2D eigenvalue weighted by atomic mass is 10.4. The lowest BCUT2D eigenvalue weighted by molar-refractivity contribution is 1.04. The Morgan fingerprint density at radius 3 is 3.15 bits per heavy atom. The average molecular weight is 233 g/mol. The van der Waals surface area contributed by atoms with E-state index < -0.39 is 0 Å². The molecule has 2 aromatic heterocycles. The van der Waals surface area contributed by atoms with Crippen LogP contribution in [0.3, 0.4) is 0 Å². The van der Waals surface area contributed by atoms with E-state index in [0.29, 0.717) is 11.2 Å². The summed E-state index contributed by atoms with van der Waals surface area (Å²) in [5, 5.41) is 0.629. The number of fused-ring (bicyclic) bond motifs is 1. The van der Waals surface area contributed by atoms with E-state index in [1.165, 1.54) is 11.3 Å². The number of H-pyrrole nitrogens is 1. The molecular weight excluding hydrogens is 227 g/mol. The minimum Gasteiger partial charge on any atom is -0.309 e. The first-order valence-corrected chi connectivity index (χ1v) is 5.47. The fourth-order valence-electron chi connectivity index (χ4n) is 1.06. The molecule has 2 heterocycles. The highest BCUT2D eigenvalue weighted by Crippen LogP contribution is 2.14. The minimum absolute atomic E-state index is 0.120. The summed E-state index contributed by atoms with van der Waals surface area (Å²) in [5.74, 6) is 0.751. The number of aromatic amines is 1. The molecule has 0 aliphatic heterocycles. The summed E-state index contributed by atoms with van der Waals surface area (Å²) in [6.07, 6.45) is 0. The molecule has 0 saturated carbocycles. The van der Waals surface area contributed by atoms with Gasteiger partial charge in [0.2, 0.25) is 0 Å². The Morgan fingerprint density at radius 2 is 2.46 bits per heavy atom. The molecule has 0 aliphatic rings. The van der Waals surface area contributed by atoms with E-state index in [9.17, 15) is 4.79 Å². The molecule has 13 heavy (non-hydrogen) atoms. The van der Waals surface area contributed by atoms with Crippen molar-refractivity contribution in [2.45, 2.75) is 5.88 Å². The third-order valence-corrected chi connectivity index (χ3v) is 3.23. The molecule has 6 heteroatoms. The number of hydrogen-bond acceptors (Lipinski definition) is 3. The SMILES string of the molecule is O=c1[nH]c(CCl)nc2sc(P)cc12. The second-order valence-electron chi connectivity index (χ2n) is 2.51. The second-order valence-corrected chi connectivity index (χ2v) is 4.88. The molecule has 0 spiro atoms. The molecule has 0 amide bonds. The Balaban J connectivity index is 2.83.